The van der Waals surface area contributed by atoms with Crippen LogP contribution in [0.4, 0.5) is 10.2 Å². The highest BCUT2D eigenvalue weighted by Gasteiger charge is 2.34. The molecule has 1 aliphatic heterocycles. The second-order valence-electron chi connectivity index (χ2n) is 8.61. The first kappa shape index (κ1) is 21.0. The second-order valence-corrected chi connectivity index (χ2v) is 8.61. The van der Waals surface area contributed by atoms with Gasteiger partial charge in [0, 0.05) is 41.9 Å². The molecule has 172 valence electrons. The molecule has 6 rings (SSSR count). The fourth-order valence-electron chi connectivity index (χ4n) is 5.06. The summed E-state index contributed by atoms with van der Waals surface area (Å²) in [6.45, 7) is 4.03. The summed E-state index contributed by atoms with van der Waals surface area (Å²) >= 11 is 0. The number of hydrogen-bond donors (Lipinski definition) is 1. The van der Waals surface area contributed by atoms with Crippen molar-refractivity contribution < 1.29 is 9.18 Å². The number of nitrogen functional groups attached to an aromatic ring is 1. The lowest BCUT2D eigenvalue weighted by Gasteiger charge is -2.34. The highest BCUT2D eigenvalue weighted by atomic mass is 19.1. The molecule has 2 N–H and O–H groups in total. The molecule has 1 unspecified atom stereocenters. The van der Waals surface area contributed by atoms with E-state index in [-0.39, 0.29) is 17.8 Å². The molecular weight excluding hydrogens is 443 g/mol. The predicted octanol–water partition coefficient (Wildman–Crippen LogP) is 4.73. The van der Waals surface area contributed by atoms with Crippen LogP contribution >= 0.6 is 0 Å². The lowest BCUT2D eigenvalue weighted by atomic mass is 9.90. The average Bonchev–Trinajstić information content (AvgIpc) is 3.22. The Morgan fingerprint density at radius 1 is 1.20 bits per heavy atom. The minimum absolute atomic E-state index is 0.224. The van der Waals surface area contributed by atoms with Gasteiger partial charge in [-0.1, -0.05) is 30.8 Å². The van der Waals surface area contributed by atoms with Gasteiger partial charge in [-0.3, -0.25) is 9.78 Å². The molecule has 0 radical (unpaired) electrons. The van der Waals surface area contributed by atoms with Gasteiger partial charge in [0.15, 0.2) is 0 Å². The van der Waals surface area contributed by atoms with Crippen LogP contribution in [-0.4, -0.2) is 37.4 Å². The van der Waals surface area contributed by atoms with Crippen LogP contribution in [0.3, 0.4) is 0 Å². The molecule has 2 aromatic carbocycles. The van der Waals surface area contributed by atoms with E-state index in [1.165, 1.54) is 24.5 Å². The van der Waals surface area contributed by atoms with Crippen LogP contribution in [0.15, 0.2) is 73.7 Å². The van der Waals surface area contributed by atoms with Crippen molar-refractivity contribution in [2.75, 3.05) is 12.8 Å². The predicted molar refractivity (Wildman–Crippen MR) is 134 cm³/mol. The Hall–Kier alpha value is -4.59. The van der Waals surface area contributed by atoms with Gasteiger partial charge >= 0.3 is 0 Å². The molecular formula is C27H21FN6O. The number of hydrogen-bond acceptors (Lipinski definition) is 5. The quantitative estimate of drug-likeness (QED) is 0.390. The number of para-hydroxylation sites is 1. The number of amides is 1. The van der Waals surface area contributed by atoms with E-state index in [2.05, 4.69) is 21.5 Å². The van der Waals surface area contributed by atoms with Crippen molar-refractivity contribution in [3.63, 3.8) is 0 Å². The van der Waals surface area contributed by atoms with Gasteiger partial charge in [-0.2, -0.15) is 0 Å². The first-order chi connectivity index (χ1) is 17.0. The fourth-order valence-corrected chi connectivity index (χ4v) is 5.06. The number of fused-ring (bicyclic) bond motifs is 6. The lowest BCUT2D eigenvalue weighted by Crippen LogP contribution is -2.35. The molecule has 0 aliphatic carbocycles. The summed E-state index contributed by atoms with van der Waals surface area (Å²) in [6, 6.07) is 14.2. The molecule has 3 aromatic heterocycles. The molecule has 7 nitrogen and oxygen atoms in total. The van der Waals surface area contributed by atoms with Crippen LogP contribution in [-0.2, 0) is 11.3 Å². The van der Waals surface area contributed by atoms with E-state index < -0.39 is 0 Å². The van der Waals surface area contributed by atoms with Gasteiger partial charge in [-0.25, -0.2) is 14.4 Å². The fraction of sp³-hybridized carbons (Fsp3) is 0.111. The van der Waals surface area contributed by atoms with Crippen LogP contribution < -0.4 is 5.73 Å². The zero-order chi connectivity index (χ0) is 24.3. The van der Waals surface area contributed by atoms with Crippen LogP contribution in [0.5, 0.6) is 0 Å². The largest absolute Gasteiger partial charge is 0.383 e. The van der Waals surface area contributed by atoms with Crippen molar-refractivity contribution in [3.8, 4) is 22.4 Å². The lowest BCUT2D eigenvalue weighted by molar-refractivity contribution is -0.127. The maximum Gasteiger partial charge on any atom is 0.246 e. The summed E-state index contributed by atoms with van der Waals surface area (Å²) < 4.78 is 16.6. The highest BCUT2D eigenvalue weighted by molar-refractivity contribution is 6.09. The van der Waals surface area contributed by atoms with E-state index >= 15 is 0 Å². The molecule has 35 heavy (non-hydrogen) atoms. The van der Waals surface area contributed by atoms with Gasteiger partial charge in [0.05, 0.1) is 22.6 Å². The maximum absolute atomic E-state index is 14.6. The number of nitrogens with zero attached hydrogens (tertiary/aromatic N) is 5. The maximum atomic E-state index is 14.6. The van der Waals surface area contributed by atoms with Crippen LogP contribution in [0.25, 0.3) is 44.3 Å². The Balaban J connectivity index is 1.71. The third kappa shape index (κ3) is 3.10. The molecule has 0 spiro atoms. The Bertz CT molecular complexity index is 1670. The molecule has 0 fully saturated rings. The minimum Gasteiger partial charge on any atom is -0.383 e. The molecule has 0 saturated carbocycles. The summed E-state index contributed by atoms with van der Waals surface area (Å²) in [6.07, 6.45) is 4.49. The molecule has 4 heterocycles. The van der Waals surface area contributed by atoms with Crippen molar-refractivity contribution in [2.24, 2.45) is 0 Å². The minimum atomic E-state index is -0.374. The molecule has 0 saturated heterocycles. The van der Waals surface area contributed by atoms with Gasteiger partial charge in [0.25, 0.3) is 0 Å². The first-order valence-electron chi connectivity index (χ1n) is 11.1. The monoisotopic (exact) mass is 464 g/mol. The van der Waals surface area contributed by atoms with E-state index in [0.717, 1.165) is 33.3 Å². The number of pyridine rings is 1. The van der Waals surface area contributed by atoms with Crippen LogP contribution in [0, 0.1) is 5.82 Å². The smallest absolute Gasteiger partial charge is 0.246 e. The van der Waals surface area contributed by atoms with E-state index in [1.807, 2.05) is 34.9 Å². The van der Waals surface area contributed by atoms with Crippen molar-refractivity contribution in [1.82, 2.24) is 24.4 Å². The van der Waals surface area contributed by atoms with E-state index in [4.69, 9.17) is 5.73 Å². The van der Waals surface area contributed by atoms with Gasteiger partial charge in [-0.05, 0) is 35.9 Å². The molecule has 0 bridgehead atoms. The zero-order valence-electron chi connectivity index (χ0n) is 18.9. The van der Waals surface area contributed by atoms with Crippen molar-refractivity contribution in [1.29, 1.82) is 0 Å². The first-order valence-corrected chi connectivity index (χ1v) is 11.1. The summed E-state index contributed by atoms with van der Waals surface area (Å²) in [7, 11) is 1.72. The zero-order valence-corrected chi connectivity index (χ0v) is 18.9. The number of benzene rings is 2. The topological polar surface area (TPSA) is 89.9 Å². The van der Waals surface area contributed by atoms with E-state index in [1.54, 1.807) is 24.2 Å². The van der Waals surface area contributed by atoms with Crippen molar-refractivity contribution >= 4 is 33.7 Å². The SMILES string of the molecule is C=CC(=O)N(C)C1Cn2c(c(-c3cnc4ccccc4c3)c3c(N)ncnc32)-c2cc(F)ccc21. The number of carbonyl (C=O) groups is 1. The molecule has 5 aromatic rings. The van der Waals surface area contributed by atoms with Crippen LogP contribution in [0.2, 0.25) is 0 Å². The Morgan fingerprint density at radius 2 is 2.03 bits per heavy atom. The summed E-state index contributed by atoms with van der Waals surface area (Å²) in [5.41, 5.74) is 11.8. The Morgan fingerprint density at radius 3 is 2.86 bits per heavy atom. The summed E-state index contributed by atoms with van der Waals surface area (Å²) in [4.78, 5) is 27.6. The van der Waals surface area contributed by atoms with Gasteiger partial charge < -0.3 is 15.2 Å². The number of carbonyl (C=O) groups excluding carboxylic acids is 1. The van der Waals surface area contributed by atoms with Gasteiger partial charge in [-0.15, -0.1) is 0 Å². The third-order valence-corrected chi connectivity index (χ3v) is 6.72. The normalized spacial score (nSPS) is 14.5. The number of anilines is 1. The Labute approximate surface area is 200 Å². The number of aromatic nitrogens is 4. The highest BCUT2D eigenvalue weighted by Crippen LogP contribution is 2.48. The van der Waals surface area contributed by atoms with E-state index in [9.17, 15) is 9.18 Å². The number of likely N-dealkylation sites (N-methyl/N-ethyl adjacent to an activating group) is 1. The number of halogens is 1. The number of rotatable bonds is 3. The van der Waals surface area contributed by atoms with Crippen molar-refractivity contribution in [3.05, 3.63) is 85.1 Å². The van der Waals surface area contributed by atoms with Crippen LogP contribution in [0.1, 0.15) is 11.6 Å². The Kier molecular flexibility index (Phi) is 4.63. The average molecular weight is 465 g/mol. The van der Waals surface area contributed by atoms with Gasteiger partial charge in [0.2, 0.25) is 5.91 Å². The van der Waals surface area contributed by atoms with E-state index in [0.29, 0.717) is 29.0 Å². The van der Waals surface area contributed by atoms with Gasteiger partial charge in [0.1, 0.15) is 23.6 Å². The molecule has 1 amide bonds. The second kappa shape index (κ2) is 7.73. The summed E-state index contributed by atoms with van der Waals surface area (Å²) in [5, 5.41) is 1.64. The summed E-state index contributed by atoms with van der Waals surface area (Å²) in [5.74, 6) is -0.274. The van der Waals surface area contributed by atoms with Crippen molar-refractivity contribution in [2.45, 2.75) is 12.6 Å². The standard InChI is InChI=1S/C27H21FN6O/c1-3-22(35)33(2)21-13-34-25(19-11-17(28)8-9-18(19)21)23(24-26(29)31-14-32-27(24)34)16-10-15-6-4-5-7-20(15)30-12-16/h3-12,14,21H,1,13H2,2H3,(H2,29,31,32). The molecule has 1 atom stereocenters. The number of nitrogens with two attached hydrogens (primary N) is 1. The third-order valence-electron chi connectivity index (χ3n) is 6.72. The molecule has 1 aliphatic rings. The molecule has 8 heteroatoms.